The van der Waals surface area contributed by atoms with Crippen molar-refractivity contribution in [3.05, 3.63) is 35.9 Å². The molecule has 0 aliphatic heterocycles. The van der Waals surface area contributed by atoms with Gasteiger partial charge in [-0.1, -0.05) is 27.7 Å². The molecule has 0 fully saturated rings. The Morgan fingerprint density at radius 1 is 1.21 bits per heavy atom. The molecule has 1 aromatic carbocycles. The monoisotopic (exact) mass is 421 g/mol. The number of rotatable bonds is 10. The fraction of sp³-hybridized carbons (Fsp3) is 0.609. The Hall–Kier alpha value is -1.79. The van der Waals surface area contributed by atoms with Crippen LogP contribution < -0.4 is 10.1 Å². The average molecular weight is 422 g/mol. The molecule has 0 saturated carbocycles. The Balaban J connectivity index is 3.03. The van der Waals surface area contributed by atoms with E-state index in [0.29, 0.717) is 13.2 Å². The van der Waals surface area contributed by atoms with Gasteiger partial charge < -0.3 is 19.2 Å². The van der Waals surface area contributed by atoms with Gasteiger partial charge in [-0.2, -0.15) is 0 Å². The number of hydrogen-bond donors (Lipinski definition) is 1. The van der Waals surface area contributed by atoms with Crippen molar-refractivity contribution >= 4 is 20.0 Å². The second-order valence-corrected chi connectivity index (χ2v) is 13.8. The van der Waals surface area contributed by atoms with E-state index in [1.165, 1.54) is 0 Å². The Morgan fingerprint density at radius 3 is 2.28 bits per heavy atom. The second-order valence-electron chi connectivity index (χ2n) is 9.04. The summed E-state index contributed by atoms with van der Waals surface area (Å²) in [5.74, 6) is 0.654. The van der Waals surface area contributed by atoms with Crippen LogP contribution in [-0.4, -0.2) is 40.7 Å². The third kappa shape index (κ3) is 7.86. The van der Waals surface area contributed by atoms with Crippen molar-refractivity contribution < 1.29 is 18.7 Å². The maximum absolute atomic E-state index is 12.0. The summed E-state index contributed by atoms with van der Waals surface area (Å²) < 4.78 is 16.8. The van der Waals surface area contributed by atoms with Gasteiger partial charge in [0.15, 0.2) is 8.32 Å². The highest BCUT2D eigenvalue weighted by Crippen LogP contribution is 2.37. The summed E-state index contributed by atoms with van der Waals surface area (Å²) in [5.41, 5.74) is 1.89. The van der Waals surface area contributed by atoms with E-state index in [1.807, 2.05) is 38.1 Å². The van der Waals surface area contributed by atoms with Gasteiger partial charge in [0.05, 0.1) is 19.8 Å². The lowest BCUT2D eigenvalue weighted by atomic mass is 9.95. The van der Waals surface area contributed by atoms with Crippen molar-refractivity contribution in [1.29, 1.82) is 0 Å². The average Bonchev–Trinajstić information content (AvgIpc) is 2.63. The molecule has 6 heteroatoms. The molecule has 0 spiro atoms. The molecule has 0 radical (unpaired) electrons. The molecule has 5 nitrogen and oxygen atoms in total. The molecular weight excluding hydrogens is 382 g/mol. The lowest BCUT2D eigenvalue weighted by molar-refractivity contribution is -0.137. The fourth-order valence-corrected chi connectivity index (χ4v) is 3.80. The van der Waals surface area contributed by atoms with Crippen LogP contribution in [0.2, 0.25) is 18.1 Å². The summed E-state index contributed by atoms with van der Waals surface area (Å²) in [7, 11) is -0.202. The zero-order valence-electron chi connectivity index (χ0n) is 19.6. The summed E-state index contributed by atoms with van der Waals surface area (Å²) in [6, 6.07) is 7.73. The van der Waals surface area contributed by atoms with E-state index in [4.69, 9.17) is 13.9 Å². The molecule has 1 aromatic rings. The van der Waals surface area contributed by atoms with Gasteiger partial charge in [-0.25, -0.2) is 4.79 Å². The molecule has 0 saturated heterocycles. The Bertz CT molecular complexity index is 677. The molecule has 0 aliphatic carbocycles. The Morgan fingerprint density at radius 2 is 1.79 bits per heavy atom. The number of hydrogen-bond acceptors (Lipinski definition) is 5. The summed E-state index contributed by atoms with van der Waals surface area (Å²) in [6.45, 7) is 18.1. The third-order valence-corrected chi connectivity index (χ3v) is 10.1. The summed E-state index contributed by atoms with van der Waals surface area (Å²) in [6.07, 6.45) is 1.58. The molecule has 0 aliphatic rings. The van der Waals surface area contributed by atoms with Crippen LogP contribution in [-0.2, 0) is 14.0 Å². The largest absolute Gasteiger partial charge is 0.497 e. The molecule has 1 N–H and O–H groups in total. The zero-order valence-corrected chi connectivity index (χ0v) is 20.6. The molecule has 0 amide bonds. The molecular formula is C23H39NO4Si. The standard InChI is InChI=1S/C23H39NO4Si/c1-10-27-21(25)15-17(2)22(24-19-11-13-20(26-7)14-12-19)18(3)16-28-29(8,9)23(4,5)6/h11-15,18,22,24H,10,16H2,1-9H3/t18-,22+/m0/s1. The Labute approximate surface area is 178 Å². The maximum Gasteiger partial charge on any atom is 0.330 e. The van der Waals surface area contributed by atoms with E-state index < -0.39 is 8.32 Å². The molecule has 0 aromatic heterocycles. The number of methoxy groups -OCH3 is 1. The van der Waals surface area contributed by atoms with Crippen LogP contribution in [0.15, 0.2) is 35.9 Å². The van der Waals surface area contributed by atoms with E-state index in [1.54, 1.807) is 13.2 Å². The minimum atomic E-state index is -1.85. The molecule has 29 heavy (non-hydrogen) atoms. The van der Waals surface area contributed by atoms with E-state index in [2.05, 4.69) is 46.1 Å². The number of carbonyl (C=O) groups excluding carboxylic acids is 1. The lowest BCUT2D eigenvalue weighted by Crippen LogP contribution is -2.43. The first-order valence-corrected chi connectivity index (χ1v) is 13.2. The highest BCUT2D eigenvalue weighted by molar-refractivity contribution is 6.74. The summed E-state index contributed by atoms with van der Waals surface area (Å²) >= 11 is 0. The van der Waals surface area contributed by atoms with Crippen LogP contribution in [0.4, 0.5) is 5.69 Å². The number of ether oxygens (including phenoxy) is 2. The molecule has 164 valence electrons. The summed E-state index contributed by atoms with van der Waals surface area (Å²) in [4.78, 5) is 12.0. The highest BCUT2D eigenvalue weighted by Gasteiger charge is 2.37. The molecule has 1 rings (SSSR count). The Kier molecular flexibility index (Phi) is 9.43. The van der Waals surface area contributed by atoms with Crippen molar-refractivity contribution in [2.45, 2.75) is 65.7 Å². The lowest BCUT2D eigenvalue weighted by Gasteiger charge is -2.38. The van der Waals surface area contributed by atoms with Crippen LogP contribution in [0.1, 0.15) is 41.5 Å². The first-order valence-electron chi connectivity index (χ1n) is 10.3. The van der Waals surface area contributed by atoms with Crippen molar-refractivity contribution in [1.82, 2.24) is 0 Å². The van der Waals surface area contributed by atoms with Crippen LogP contribution in [0.25, 0.3) is 0 Å². The minimum absolute atomic E-state index is 0.0578. The first-order chi connectivity index (χ1) is 13.4. The van der Waals surface area contributed by atoms with Gasteiger partial charge in [-0.05, 0) is 61.8 Å². The second kappa shape index (κ2) is 10.8. The van der Waals surface area contributed by atoms with Crippen molar-refractivity contribution in [3.63, 3.8) is 0 Å². The predicted molar refractivity (Wildman–Crippen MR) is 123 cm³/mol. The van der Waals surface area contributed by atoms with E-state index >= 15 is 0 Å². The number of anilines is 1. The molecule has 0 bridgehead atoms. The fourth-order valence-electron chi connectivity index (χ4n) is 2.68. The van der Waals surface area contributed by atoms with Crippen LogP contribution >= 0.6 is 0 Å². The number of carbonyl (C=O) groups is 1. The van der Waals surface area contributed by atoms with E-state index in [9.17, 15) is 4.79 Å². The van der Waals surface area contributed by atoms with Crippen molar-refractivity contribution in [2.75, 3.05) is 25.6 Å². The maximum atomic E-state index is 12.0. The quantitative estimate of drug-likeness (QED) is 0.301. The zero-order chi connectivity index (χ0) is 22.2. The van der Waals surface area contributed by atoms with Gasteiger partial charge in [0.1, 0.15) is 5.75 Å². The highest BCUT2D eigenvalue weighted by atomic mass is 28.4. The van der Waals surface area contributed by atoms with Gasteiger partial charge in [-0.3, -0.25) is 0 Å². The topological polar surface area (TPSA) is 56.8 Å². The normalized spacial score (nSPS) is 14.9. The molecule has 0 heterocycles. The molecule has 0 unspecified atom stereocenters. The van der Waals surface area contributed by atoms with Crippen molar-refractivity contribution in [2.24, 2.45) is 5.92 Å². The van der Waals surface area contributed by atoms with Crippen molar-refractivity contribution in [3.8, 4) is 5.75 Å². The number of benzene rings is 1. The van der Waals surface area contributed by atoms with E-state index in [-0.39, 0.29) is 23.0 Å². The third-order valence-electron chi connectivity index (χ3n) is 5.62. The summed E-state index contributed by atoms with van der Waals surface area (Å²) in [5, 5.41) is 3.71. The van der Waals surface area contributed by atoms with Crippen LogP contribution in [0.3, 0.4) is 0 Å². The van der Waals surface area contributed by atoms with Gasteiger partial charge >= 0.3 is 5.97 Å². The van der Waals surface area contributed by atoms with Gasteiger partial charge in [0, 0.05) is 24.3 Å². The number of nitrogens with one attached hydrogen (secondary N) is 1. The minimum Gasteiger partial charge on any atom is -0.497 e. The van der Waals surface area contributed by atoms with Crippen LogP contribution in [0, 0.1) is 5.92 Å². The first kappa shape index (κ1) is 25.2. The predicted octanol–water partition coefficient (Wildman–Crippen LogP) is 5.64. The smallest absolute Gasteiger partial charge is 0.330 e. The SMILES string of the molecule is CCOC(=O)C=C(C)[C@@H](Nc1ccc(OC)cc1)[C@@H](C)CO[Si](C)(C)C(C)(C)C. The van der Waals surface area contributed by atoms with E-state index in [0.717, 1.165) is 17.0 Å². The van der Waals surface area contributed by atoms with Gasteiger partial charge in [0.25, 0.3) is 0 Å². The van der Waals surface area contributed by atoms with Gasteiger partial charge in [-0.15, -0.1) is 0 Å². The number of esters is 1. The van der Waals surface area contributed by atoms with Gasteiger partial charge in [0.2, 0.25) is 0 Å². The van der Waals surface area contributed by atoms with Crippen LogP contribution in [0.5, 0.6) is 5.75 Å². The molecule has 2 atom stereocenters.